The van der Waals surface area contributed by atoms with Crippen molar-refractivity contribution in [1.29, 1.82) is 0 Å². The minimum Gasteiger partial charge on any atom is -0.344 e. The highest BCUT2D eigenvalue weighted by molar-refractivity contribution is 5.81. The van der Waals surface area contributed by atoms with Crippen molar-refractivity contribution < 1.29 is 18.0 Å². The molecule has 0 unspecified atom stereocenters. The van der Waals surface area contributed by atoms with Gasteiger partial charge in [0.25, 0.3) is 0 Å². The first kappa shape index (κ1) is 10.7. The van der Waals surface area contributed by atoms with Crippen LogP contribution < -0.4 is 5.32 Å². The van der Waals surface area contributed by atoms with Gasteiger partial charge in [0, 0.05) is 6.54 Å². The Bertz CT molecular complexity index is 207. The number of hydrogen-bond acceptors (Lipinski definition) is 1. The Morgan fingerprint density at radius 3 is 2.33 bits per heavy atom. The Hall–Kier alpha value is -1.26. The van der Waals surface area contributed by atoms with E-state index in [9.17, 15) is 18.0 Å². The zero-order chi connectivity index (χ0) is 9.78. The summed E-state index contributed by atoms with van der Waals surface area (Å²) in [5.41, 5.74) is 0.326. The molecular formula is C7H8F3NO. The summed E-state index contributed by atoms with van der Waals surface area (Å²) in [6.45, 7) is 6.36. The lowest BCUT2D eigenvalue weighted by molar-refractivity contribution is -0.173. The van der Waals surface area contributed by atoms with Gasteiger partial charge in [-0.15, -0.1) is 0 Å². The van der Waals surface area contributed by atoms with Gasteiger partial charge >= 0.3 is 12.1 Å². The molecule has 0 radical (unpaired) electrons. The fraction of sp³-hybridized carbons (Fsp3) is 0.286. The molecule has 0 rings (SSSR count). The Morgan fingerprint density at radius 2 is 2.00 bits per heavy atom. The zero-order valence-corrected chi connectivity index (χ0v) is 6.24. The number of carbonyl (C=O) groups excluding carboxylic acids is 1. The molecule has 0 aliphatic heterocycles. The Balaban J connectivity index is 3.88. The Kier molecular flexibility index (Phi) is 3.53. The van der Waals surface area contributed by atoms with Gasteiger partial charge < -0.3 is 5.32 Å². The quantitative estimate of drug-likeness (QED) is 0.652. The van der Waals surface area contributed by atoms with Crippen molar-refractivity contribution in [3.8, 4) is 0 Å². The van der Waals surface area contributed by atoms with Gasteiger partial charge in [-0.05, 0) is 5.57 Å². The van der Waals surface area contributed by atoms with Gasteiger partial charge in [-0.3, -0.25) is 4.79 Å². The van der Waals surface area contributed by atoms with Gasteiger partial charge in [0.05, 0.1) is 0 Å². The molecule has 12 heavy (non-hydrogen) atoms. The summed E-state index contributed by atoms with van der Waals surface area (Å²) in [4.78, 5) is 10.2. The maximum absolute atomic E-state index is 11.5. The largest absolute Gasteiger partial charge is 0.471 e. The van der Waals surface area contributed by atoms with Crippen LogP contribution >= 0.6 is 0 Å². The molecule has 2 nitrogen and oxygen atoms in total. The van der Waals surface area contributed by atoms with E-state index in [1.54, 1.807) is 5.32 Å². The molecule has 0 bridgehead atoms. The summed E-state index contributed by atoms with van der Waals surface area (Å²) in [6, 6.07) is 0. The summed E-state index contributed by atoms with van der Waals surface area (Å²) < 4.78 is 34.6. The van der Waals surface area contributed by atoms with E-state index < -0.39 is 12.1 Å². The molecule has 0 saturated carbocycles. The van der Waals surface area contributed by atoms with Crippen LogP contribution in [-0.4, -0.2) is 18.6 Å². The first-order valence-electron chi connectivity index (χ1n) is 3.03. The van der Waals surface area contributed by atoms with Crippen molar-refractivity contribution in [3.63, 3.8) is 0 Å². The fourth-order valence-corrected chi connectivity index (χ4v) is 0.366. The van der Waals surface area contributed by atoms with Gasteiger partial charge in [0.2, 0.25) is 0 Å². The van der Waals surface area contributed by atoms with Crippen LogP contribution in [0.5, 0.6) is 0 Å². The number of amides is 1. The number of rotatable bonds is 3. The normalized spacial score (nSPS) is 10.6. The minimum atomic E-state index is -4.83. The summed E-state index contributed by atoms with van der Waals surface area (Å²) in [7, 11) is 0. The molecular weight excluding hydrogens is 171 g/mol. The molecule has 1 amide bonds. The molecule has 68 valence electrons. The molecule has 0 aromatic carbocycles. The van der Waals surface area contributed by atoms with Crippen LogP contribution in [0.2, 0.25) is 0 Å². The number of carbonyl (C=O) groups is 1. The lowest BCUT2D eigenvalue weighted by Gasteiger charge is -2.06. The number of alkyl halides is 3. The van der Waals surface area contributed by atoms with E-state index in [0.29, 0.717) is 5.57 Å². The highest BCUT2D eigenvalue weighted by atomic mass is 19.4. The van der Waals surface area contributed by atoms with E-state index in [-0.39, 0.29) is 6.54 Å². The number of nitrogens with one attached hydrogen (secondary N) is 1. The van der Waals surface area contributed by atoms with Crippen LogP contribution in [0, 0.1) is 0 Å². The number of hydrogen-bond donors (Lipinski definition) is 1. The summed E-state index contributed by atoms with van der Waals surface area (Å²) >= 11 is 0. The van der Waals surface area contributed by atoms with Crippen LogP contribution in [0.15, 0.2) is 24.8 Å². The van der Waals surface area contributed by atoms with Gasteiger partial charge in [-0.2, -0.15) is 13.2 Å². The van der Waals surface area contributed by atoms with Gasteiger partial charge in [0.15, 0.2) is 0 Å². The van der Waals surface area contributed by atoms with Crippen LogP contribution in [0.1, 0.15) is 0 Å². The van der Waals surface area contributed by atoms with Crippen LogP contribution in [0.25, 0.3) is 0 Å². The molecule has 0 aromatic rings. The van der Waals surface area contributed by atoms with Crippen LogP contribution in [-0.2, 0) is 4.79 Å². The molecule has 0 spiro atoms. The summed E-state index contributed by atoms with van der Waals surface area (Å²) in [5.74, 6) is -1.97. The summed E-state index contributed by atoms with van der Waals surface area (Å²) in [6.07, 6.45) is -3.56. The van der Waals surface area contributed by atoms with Gasteiger partial charge in [-0.1, -0.05) is 19.2 Å². The van der Waals surface area contributed by atoms with Crippen LogP contribution in [0.4, 0.5) is 13.2 Å². The predicted octanol–water partition coefficient (Wildman–Crippen LogP) is 1.41. The monoisotopic (exact) mass is 179 g/mol. The predicted molar refractivity (Wildman–Crippen MR) is 38.4 cm³/mol. The average molecular weight is 179 g/mol. The molecule has 0 heterocycles. The standard InChI is InChI=1S/C7H8F3NO/c1-3-5(2)4-11-6(12)7(8,9)10/h3H,1-2,4H2,(H,11,12). The molecule has 0 aromatic heterocycles. The second kappa shape index (κ2) is 3.94. The second-order valence-corrected chi connectivity index (χ2v) is 2.04. The third kappa shape index (κ3) is 3.80. The van der Waals surface area contributed by atoms with E-state index in [2.05, 4.69) is 13.2 Å². The highest BCUT2D eigenvalue weighted by Gasteiger charge is 2.38. The first-order valence-corrected chi connectivity index (χ1v) is 3.03. The molecule has 0 aliphatic rings. The van der Waals surface area contributed by atoms with E-state index >= 15 is 0 Å². The van der Waals surface area contributed by atoms with E-state index in [1.165, 1.54) is 6.08 Å². The Morgan fingerprint density at radius 1 is 1.50 bits per heavy atom. The summed E-state index contributed by atoms with van der Waals surface area (Å²) in [5, 5.41) is 1.64. The lowest BCUT2D eigenvalue weighted by Crippen LogP contribution is -2.37. The van der Waals surface area contributed by atoms with Gasteiger partial charge in [-0.25, -0.2) is 0 Å². The van der Waals surface area contributed by atoms with E-state index in [1.807, 2.05) is 0 Å². The highest BCUT2D eigenvalue weighted by Crippen LogP contribution is 2.13. The van der Waals surface area contributed by atoms with E-state index in [0.717, 1.165) is 0 Å². The first-order chi connectivity index (χ1) is 5.38. The molecule has 0 fully saturated rings. The van der Waals surface area contributed by atoms with Crippen molar-refractivity contribution in [2.24, 2.45) is 0 Å². The van der Waals surface area contributed by atoms with E-state index in [4.69, 9.17) is 0 Å². The second-order valence-electron chi connectivity index (χ2n) is 2.04. The minimum absolute atomic E-state index is 0.234. The molecule has 0 atom stereocenters. The van der Waals surface area contributed by atoms with Gasteiger partial charge in [0.1, 0.15) is 0 Å². The smallest absolute Gasteiger partial charge is 0.344 e. The van der Waals surface area contributed by atoms with Crippen molar-refractivity contribution in [3.05, 3.63) is 24.8 Å². The third-order valence-corrected chi connectivity index (χ3v) is 1.02. The molecule has 0 aliphatic carbocycles. The lowest BCUT2D eigenvalue weighted by atomic mass is 10.3. The van der Waals surface area contributed by atoms with Crippen molar-refractivity contribution in [2.75, 3.05) is 6.54 Å². The molecule has 1 N–H and O–H groups in total. The topological polar surface area (TPSA) is 29.1 Å². The zero-order valence-electron chi connectivity index (χ0n) is 6.24. The maximum Gasteiger partial charge on any atom is 0.471 e. The van der Waals surface area contributed by atoms with Crippen molar-refractivity contribution in [2.45, 2.75) is 6.18 Å². The molecule has 5 heteroatoms. The maximum atomic E-state index is 11.5. The average Bonchev–Trinajstić information content (AvgIpc) is 1.97. The van der Waals surface area contributed by atoms with Crippen LogP contribution in [0.3, 0.4) is 0 Å². The van der Waals surface area contributed by atoms with Crippen molar-refractivity contribution >= 4 is 5.91 Å². The third-order valence-electron chi connectivity index (χ3n) is 1.02. The SMILES string of the molecule is C=CC(=C)CNC(=O)C(F)(F)F. The number of halogens is 3. The van der Waals surface area contributed by atoms with Crippen molar-refractivity contribution in [1.82, 2.24) is 5.32 Å². The Labute approximate surface area is 67.8 Å². The fourth-order valence-electron chi connectivity index (χ4n) is 0.366. The molecule has 0 saturated heterocycles.